The van der Waals surface area contributed by atoms with Crippen LogP contribution in [0.5, 0.6) is 0 Å². The zero-order valence-corrected chi connectivity index (χ0v) is 14.5. The lowest BCUT2D eigenvalue weighted by molar-refractivity contribution is -0.384. The Kier molecular flexibility index (Phi) is 4.11. The van der Waals surface area contributed by atoms with E-state index in [4.69, 9.17) is 0 Å². The summed E-state index contributed by atoms with van der Waals surface area (Å²) in [6.45, 7) is 2.10. The van der Waals surface area contributed by atoms with Gasteiger partial charge >= 0.3 is 0 Å². The average molecular weight is 368 g/mol. The van der Waals surface area contributed by atoms with Crippen LogP contribution >= 0.6 is 0 Å². The highest BCUT2D eigenvalue weighted by atomic mass is 16.6. The largest absolute Gasteiger partial charge is 0.351 e. The number of non-ortho nitro benzene ring substituents is 1. The van der Waals surface area contributed by atoms with Crippen LogP contribution in [-0.4, -0.2) is 66.9 Å². The summed E-state index contributed by atoms with van der Waals surface area (Å²) in [4.78, 5) is 35.3. The molecule has 0 radical (unpaired) electrons. The minimum Gasteiger partial charge on any atom is -0.351 e. The number of carbonyl (C=O) groups excluding carboxylic acids is 1. The van der Waals surface area contributed by atoms with Gasteiger partial charge in [0.2, 0.25) is 0 Å². The van der Waals surface area contributed by atoms with Crippen molar-refractivity contribution in [1.29, 1.82) is 0 Å². The van der Waals surface area contributed by atoms with E-state index < -0.39 is 4.92 Å². The summed E-state index contributed by atoms with van der Waals surface area (Å²) in [7, 11) is 1.77. The lowest BCUT2D eigenvalue weighted by atomic mass is 10.1. The highest BCUT2D eigenvalue weighted by molar-refractivity contribution is 5.95. The molecule has 3 heterocycles. The fourth-order valence-electron chi connectivity index (χ4n) is 3.13. The minimum absolute atomic E-state index is 0.0921. The second-order valence-corrected chi connectivity index (χ2v) is 6.17. The van der Waals surface area contributed by atoms with Gasteiger partial charge in [0.15, 0.2) is 17.0 Å². The fraction of sp³-hybridized carbons (Fsp3) is 0.312. The molecule has 11 nitrogen and oxygen atoms in total. The predicted octanol–water partition coefficient (Wildman–Crippen LogP) is 0.629. The second-order valence-electron chi connectivity index (χ2n) is 6.17. The summed E-state index contributed by atoms with van der Waals surface area (Å²) in [5, 5.41) is 19.0. The van der Waals surface area contributed by atoms with Crippen LogP contribution in [0.3, 0.4) is 0 Å². The molecule has 3 aromatic rings. The monoisotopic (exact) mass is 368 g/mol. The summed E-state index contributed by atoms with van der Waals surface area (Å²) in [6.07, 6.45) is 1.47. The standard InChI is InChI=1S/C16H16N8O3/c1-21-14-13(19-20-21)15(18-10-17-14)22-5-7-23(8-6-22)16(25)11-3-2-4-12(9-11)24(26)27/h2-4,9-10H,5-8H2,1H3. The molecule has 2 aromatic heterocycles. The van der Waals surface area contributed by atoms with E-state index in [2.05, 4.69) is 20.3 Å². The van der Waals surface area contributed by atoms with Crippen molar-refractivity contribution in [2.75, 3.05) is 31.1 Å². The van der Waals surface area contributed by atoms with E-state index >= 15 is 0 Å². The van der Waals surface area contributed by atoms with Crippen LogP contribution in [0.25, 0.3) is 11.2 Å². The maximum Gasteiger partial charge on any atom is 0.270 e. The molecular formula is C16H16N8O3. The van der Waals surface area contributed by atoms with Gasteiger partial charge in [-0.1, -0.05) is 11.3 Å². The summed E-state index contributed by atoms with van der Waals surface area (Å²) in [5.41, 5.74) is 1.50. The van der Waals surface area contributed by atoms with Crippen molar-refractivity contribution in [3.8, 4) is 0 Å². The molecule has 1 aliphatic heterocycles. The van der Waals surface area contributed by atoms with E-state index in [0.29, 0.717) is 48.7 Å². The van der Waals surface area contributed by atoms with Gasteiger partial charge in [0, 0.05) is 50.9 Å². The number of hydrogen-bond donors (Lipinski definition) is 0. The Morgan fingerprint density at radius 3 is 2.70 bits per heavy atom. The number of carbonyl (C=O) groups is 1. The van der Waals surface area contributed by atoms with E-state index in [1.54, 1.807) is 22.7 Å². The number of nitrogens with zero attached hydrogens (tertiary/aromatic N) is 8. The third-order valence-corrected chi connectivity index (χ3v) is 4.54. The van der Waals surface area contributed by atoms with Gasteiger partial charge in [0.1, 0.15) is 6.33 Å². The molecule has 1 saturated heterocycles. The third kappa shape index (κ3) is 3.03. The Balaban J connectivity index is 1.49. The van der Waals surface area contributed by atoms with Crippen molar-refractivity contribution in [1.82, 2.24) is 29.9 Å². The smallest absolute Gasteiger partial charge is 0.270 e. The highest BCUT2D eigenvalue weighted by Crippen LogP contribution is 2.22. The average Bonchev–Trinajstić information content (AvgIpc) is 3.09. The molecule has 1 amide bonds. The number of benzene rings is 1. The minimum atomic E-state index is -0.504. The van der Waals surface area contributed by atoms with Gasteiger partial charge in [-0.25, -0.2) is 14.6 Å². The summed E-state index contributed by atoms with van der Waals surface area (Å²) < 4.78 is 1.59. The second kappa shape index (κ2) is 6.59. The quantitative estimate of drug-likeness (QED) is 0.487. The summed E-state index contributed by atoms with van der Waals surface area (Å²) in [5.74, 6) is 0.473. The lowest BCUT2D eigenvalue weighted by Gasteiger charge is -2.35. The molecule has 0 atom stereocenters. The molecule has 4 rings (SSSR count). The fourth-order valence-corrected chi connectivity index (χ4v) is 3.13. The normalized spacial score (nSPS) is 14.6. The zero-order chi connectivity index (χ0) is 19.0. The van der Waals surface area contributed by atoms with Crippen LogP contribution in [-0.2, 0) is 7.05 Å². The maximum absolute atomic E-state index is 12.7. The highest BCUT2D eigenvalue weighted by Gasteiger charge is 2.25. The molecule has 1 fully saturated rings. The van der Waals surface area contributed by atoms with Crippen molar-refractivity contribution in [2.24, 2.45) is 7.05 Å². The lowest BCUT2D eigenvalue weighted by Crippen LogP contribution is -2.49. The molecule has 27 heavy (non-hydrogen) atoms. The molecule has 138 valence electrons. The number of anilines is 1. The molecule has 0 N–H and O–H groups in total. The number of nitro groups is 1. The Morgan fingerprint density at radius 1 is 1.19 bits per heavy atom. The van der Waals surface area contributed by atoms with Crippen LogP contribution in [0.4, 0.5) is 11.5 Å². The number of hydrogen-bond acceptors (Lipinski definition) is 8. The molecule has 0 bridgehead atoms. The first kappa shape index (κ1) is 16.8. The van der Waals surface area contributed by atoms with E-state index in [-0.39, 0.29) is 11.6 Å². The first-order chi connectivity index (χ1) is 13.0. The van der Waals surface area contributed by atoms with Gasteiger partial charge in [-0.3, -0.25) is 14.9 Å². The van der Waals surface area contributed by atoms with Crippen LogP contribution in [0, 0.1) is 10.1 Å². The molecule has 0 unspecified atom stereocenters. The van der Waals surface area contributed by atoms with Gasteiger partial charge in [0.25, 0.3) is 11.6 Å². The molecule has 1 aliphatic rings. The van der Waals surface area contributed by atoms with E-state index in [1.807, 2.05) is 4.90 Å². The first-order valence-electron chi connectivity index (χ1n) is 8.33. The maximum atomic E-state index is 12.7. The molecule has 1 aromatic carbocycles. The number of nitro benzene ring substituents is 1. The van der Waals surface area contributed by atoms with Gasteiger partial charge in [0.05, 0.1) is 4.92 Å². The van der Waals surface area contributed by atoms with Crippen LogP contribution < -0.4 is 4.90 Å². The van der Waals surface area contributed by atoms with Crippen LogP contribution in [0.2, 0.25) is 0 Å². The molecule has 0 aliphatic carbocycles. The van der Waals surface area contributed by atoms with Crippen LogP contribution in [0.15, 0.2) is 30.6 Å². The van der Waals surface area contributed by atoms with Gasteiger partial charge in [-0.2, -0.15) is 0 Å². The van der Waals surface area contributed by atoms with Crippen molar-refractivity contribution in [3.05, 3.63) is 46.3 Å². The third-order valence-electron chi connectivity index (χ3n) is 4.54. The molecular weight excluding hydrogens is 352 g/mol. The van der Waals surface area contributed by atoms with Gasteiger partial charge < -0.3 is 9.80 Å². The topological polar surface area (TPSA) is 123 Å². The molecule has 11 heteroatoms. The Bertz CT molecular complexity index is 1030. The first-order valence-corrected chi connectivity index (χ1v) is 8.33. The Labute approximate surface area is 153 Å². The van der Waals surface area contributed by atoms with Crippen molar-refractivity contribution in [3.63, 3.8) is 0 Å². The molecule has 0 spiro atoms. The number of fused-ring (bicyclic) bond motifs is 1. The van der Waals surface area contributed by atoms with E-state index in [0.717, 1.165) is 0 Å². The Morgan fingerprint density at radius 2 is 1.96 bits per heavy atom. The van der Waals surface area contributed by atoms with E-state index in [9.17, 15) is 14.9 Å². The summed E-state index contributed by atoms with van der Waals surface area (Å²) in [6, 6.07) is 5.79. The molecule has 0 saturated carbocycles. The van der Waals surface area contributed by atoms with Crippen molar-refractivity contribution < 1.29 is 9.72 Å². The number of amides is 1. The number of rotatable bonds is 3. The van der Waals surface area contributed by atoms with Crippen molar-refractivity contribution in [2.45, 2.75) is 0 Å². The zero-order valence-electron chi connectivity index (χ0n) is 14.5. The van der Waals surface area contributed by atoms with Crippen LogP contribution in [0.1, 0.15) is 10.4 Å². The SMILES string of the molecule is Cn1nnc2c(N3CCN(C(=O)c4cccc([N+](=O)[O-])c4)CC3)ncnc21. The van der Waals surface area contributed by atoms with Gasteiger partial charge in [-0.15, -0.1) is 5.10 Å². The number of aryl methyl sites for hydroxylation is 1. The van der Waals surface area contributed by atoms with E-state index in [1.165, 1.54) is 24.5 Å². The van der Waals surface area contributed by atoms with Gasteiger partial charge in [-0.05, 0) is 6.07 Å². The summed E-state index contributed by atoms with van der Waals surface area (Å²) >= 11 is 0. The number of aromatic nitrogens is 5. The predicted molar refractivity (Wildman–Crippen MR) is 95.3 cm³/mol. The number of piperazine rings is 1. The van der Waals surface area contributed by atoms with Crippen molar-refractivity contribution >= 4 is 28.6 Å². The Hall–Kier alpha value is -3.63.